The number of nitrogens with one attached hydrogen (secondary N) is 1. The second-order valence-electron chi connectivity index (χ2n) is 7.00. The summed E-state index contributed by atoms with van der Waals surface area (Å²) in [5, 5.41) is 9.37. The molecule has 5 heteroatoms. The molecule has 136 valence electrons. The molecule has 0 bridgehead atoms. The number of aryl methyl sites for hydroxylation is 1. The maximum atomic E-state index is 13.8. The first-order chi connectivity index (χ1) is 12.6. The number of halogens is 1. The zero-order valence-corrected chi connectivity index (χ0v) is 15.0. The first-order valence-corrected chi connectivity index (χ1v) is 9.09. The SMILES string of the molecule is Cc1cc(-c2ccc(F)cc2COCC2CCCCC2)c(C#N)c(=O)[nH]1. The lowest BCUT2D eigenvalue weighted by molar-refractivity contribution is 0.0740. The number of hydrogen-bond donors (Lipinski definition) is 1. The molecule has 1 heterocycles. The molecular formula is C21H23FN2O2. The first kappa shape index (κ1) is 18.3. The largest absolute Gasteiger partial charge is 0.376 e. The highest BCUT2D eigenvalue weighted by molar-refractivity contribution is 5.73. The van der Waals surface area contributed by atoms with Gasteiger partial charge in [0.15, 0.2) is 0 Å². The Labute approximate surface area is 152 Å². The Balaban J connectivity index is 1.87. The Hall–Kier alpha value is -2.45. The van der Waals surface area contributed by atoms with Crippen LogP contribution < -0.4 is 5.56 Å². The molecule has 1 saturated carbocycles. The summed E-state index contributed by atoms with van der Waals surface area (Å²) < 4.78 is 19.7. The van der Waals surface area contributed by atoms with Crippen molar-refractivity contribution in [3.8, 4) is 17.2 Å². The number of nitriles is 1. The third-order valence-electron chi connectivity index (χ3n) is 4.97. The third-order valence-corrected chi connectivity index (χ3v) is 4.97. The minimum absolute atomic E-state index is 0.0377. The Morgan fingerprint density at radius 3 is 2.73 bits per heavy atom. The fourth-order valence-electron chi connectivity index (χ4n) is 3.65. The zero-order chi connectivity index (χ0) is 18.5. The molecule has 2 aromatic rings. The number of rotatable bonds is 5. The number of hydrogen-bond acceptors (Lipinski definition) is 3. The quantitative estimate of drug-likeness (QED) is 0.862. The van der Waals surface area contributed by atoms with E-state index in [4.69, 9.17) is 4.74 Å². The zero-order valence-electron chi connectivity index (χ0n) is 15.0. The molecule has 1 fully saturated rings. The predicted octanol–water partition coefficient (Wildman–Crippen LogP) is 4.46. The second kappa shape index (κ2) is 8.29. The standard InChI is InChI=1S/C21H23FN2O2/c1-14-9-19(20(11-23)21(25)24-14)18-8-7-17(22)10-16(18)13-26-12-15-5-3-2-4-6-15/h7-10,15H,2-6,12-13H2,1H3,(H,24,25). The number of aromatic nitrogens is 1. The predicted molar refractivity (Wildman–Crippen MR) is 98.1 cm³/mol. The van der Waals surface area contributed by atoms with Gasteiger partial charge in [0.1, 0.15) is 17.4 Å². The third kappa shape index (κ3) is 4.20. The van der Waals surface area contributed by atoms with Crippen molar-refractivity contribution < 1.29 is 9.13 Å². The highest BCUT2D eigenvalue weighted by atomic mass is 19.1. The Bertz CT molecular complexity index is 877. The summed E-state index contributed by atoms with van der Waals surface area (Å²) in [4.78, 5) is 14.7. The fourth-order valence-corrected chi connectivity index (χ4v) is 3.65. The van der Waals surface area contributed by atoms with Crippen LogP contribution in [0.15, 0.2) is 29.1 Å². The molecule has 0 atom stereocenters. The van der Waals surface area contributed by atoms with Gasteiger partial charge >= 0.3 is 0 Å². The van der Waals surface area contributed by atoms with E-state index in [1.165, 1.54) is 44.2 Å². The average Bonchev–Trinajstić information content (AvgIpc) is 2.62. The van der Waals surface area contributed by atoms with Crippen LogP contribution in [0.2, 0.25) is 0 Å². The van der Waals surface area contributed by atoms with E-state index in [1.54, 1.807) is 19.1 Å². The van der Waals surface area contributed by atoms with Gasteiger partial charge in [-0.25, -0.2) is 4.39 Å². The van der Waals surface area contributed by atoms with Crippen LogP contribution in [0.3, 0.4) is 0 Å². The van der Waals surface area contributed by atoms with Crippen LogP contribution in [-0.2, 0) is 11.3 Å². The lowest BCUT2D eigenvalue weighted by Gasteiger charge is -2.21. The topological polar surface area (TPSA) is 65.9 Å². The minimum atomic E-state index is -0.430. The van der Waals surface area contributed by atoms with Crippen LogP contribution in [-0.4, -0.2) is 11.6 Å². The molecule has 1 N–H and O–H groups in total. The molecule has 0 unspecified atom stereocenters. The molecule has 3 rings (SSSR count). The van der Waals surface area contributed by atoms with Crippen LogP contribution in [0.25, 0.3) is 11.1 Å². The molecular weight excluding hydrogens is 331 g/mol. The number of ether oxygens (including phenoxy) is 1. The summed E-state index contributed by atoms with van der Waals surface area (Å²) in [6, 6.07) is 8.09. The fraction of sp³-hybridized carbons (Fsp3) is 0.429. The van der Waals surface area contributed by atoms with Crippen molar-refractivity contribution >= 4 is 0 Å². The van der Waals surface area contributed by atoms with Crippen molar-refractivity contribution in [3.05, 3.63) is 57.3 Å². The number of pyridine rings is 1. The van der Waals surface area contributed by atoms with Crippen molar-refractivity contribution in [2.45, 2.75) is 45.6 Å². The molecule has 1 aromatic carbocycles. The highest BCUT2D eigenvalue weighted by Crippen LogP contribution is 2.28. The molecule has 0 saturated heterocycles. The van der Waals surface area contributed by atoms with Crippen LogP contribution >= 0.6 is 0 Å². The van der Waals surface area contributed by atoms with Crippen LogP contribution in [0.5, 0.6) is 0 Å². The number of nitrogens with zero attached hydrogens (tertiary/aromatic N) is 1. The van der Waals surface area contributed by atoms with E-state index in [9.17, 15) is 14.4 Å². The Morgan fingerprint density at radius 1 is 1.23 bits per heavy atom. The smallest absolute Gasteiger partial charge is 0.266 e. The molecule has 1 aromatic heterocycles. The van der Waals surface area contributed by atoms with E-state index >= 15 is 0 Å². The molecule has 0 amide bonds. The van der Waals surface area contributed by atoms with Gasteiger partial charge in [-0.15, -0.1) is 0 Å². The second-order valence-corrected chi connectivity index (χ2v) is 7.00. The monoisotopic (exact) mass is 354 g/mol. The summed E-state index contributed by atoms with van der Waals surface area (Å²) in [6.45, 7) is 2.69. The van der Waals surface area contributed by atoms with Crippen molar-refractivity contribution in [2.24, 2.45) is 5.92 Å². The maximum absolute atomic E-state index is 13.8. The number of H-pyrrole nitrogens is 1. The lowest BCUT2D eigenvalue weighted by Crippen LogP contribution is -2.14. The van der Waals surface area contributed by atoms with Crippen molar-refractivity contribution in [3.63, 3.8) is 0 Å². The van der Waals surface area contributed by atoms with E-state index in [2.05, 4.69) is 4.98 Å². The molecule has 26 heavy (non-hydrogen) atoms. The number of aromatic amines is 1. The summed E-state index contributed by atoms with van der Waals surface area (Å²) in [7, 11) is 0. The van der Waals surface area contributed by atoms with Gasteiger partial charge in [-0.3, -0.25) is 4.79 Å². The molecule has 1 aliphatic carbocycles. The van der Waals surface area contributed by atoms with Gasteiger partial charge in [0, 0.05) is 17.9 Å². The molecule has 4 nitrogen and oxygen atoms in total. The van der Waals surface area contributed by atoms with Gasteiger partial charge in [-0.2, -0.15) is 5.26 Å². The van der Waals surface area contributed by atoms with Gasteiger partial charge in [0.05, 0.1) is 6.61 Å². The van der Waals surface area contributed by atoms with Crippen molar-refractivity contribution in [1.29, 1.82) is 5.26 Å². The van der Waals surface area contributed by atoms with E-state index < -0.39 is 5.56 Å². The molecule has 0 aliphatic heterocycles. The van der Waals surface area contributed by atoms with Crippen molar-refractivity contribution in [1.82, 2.24) is 4.98 Å². The first-order valence-electron chi connectivity index (χ1n) is 9.09. The Kier molecular flexibility index (Phi) is 5.85. The maximum Gasteiger partial charge on any atom is 0.266 e. The lowest BCUT2D eigenvalue weighted by atomic mass is 9.90. The van der Waals surface area contributed by atoms with E-state index in [-0.39, 0.29) is 18.0 Å². The van der Waals surface area contributed by atoms with Gasteiger partial charge in [-0.1, -0.05) is 25.3 Å². The van der Waals surface area contributed by atoms with Gasteiger partial charge in [0.2, 0.25) is 0 Å². The van der Waals surface area contributed by atoms with E-state index in [0.717, 1.165) is 0 Å². The average molecular weight is 354 g/mol. The molecule has 0 radical (unpaired) electrons. The van der Waals surface area contributed by atoms with Crippen LogP contribution in [0.1, 0.15) is 48.9 Å². The summed E-state index contributed by atoms with van der Waals surface area (Å²) in [5.74, 6) is 0.210. The number of benzene rings is 1. The normalized spacial score (nSPS) is 15.0. The summed E-state index contributed by atoms with van der Waals surface area (Å²) in [6.07, 6.45) is 6.15. The van der Waals surface area contributed by atoms with E-state index in [1.807, 2.05) is 6.07 Å². The van der Waals surface area contributed by atoms with Crippen molar-refractivity contribution in [2.75, 3.05) is 6.61 Å². The van der Waals surface area contributed by atoms with E-state index in [0.29, 0.717) is 34.9 Å². The molecule has 0 spiro atoms. The van der Waals surface area contributed by atoms with Gasteiger partial charge < -0.3 is 9.72 Å². The van der Waals surface area contributed by atoms with Gasteiger partial charge in [0.25, 0.3) is 5.56 Å². The Morgan fingerprint density at radius 2 is 2.00 bits per heavy atom. The van der Waals surface area contributed by atoms with Crippen LogP contribution in [0.4, 0.5) is 4.39 Å². The summed E-state index contributed by atoms with van der Waals surface area (Å²) >= 11 is 0. The highest BCUT2D eigenvalue weighted by Gasteiger charge is 2.16. The molecule has 1 aliphatic rings. The van der Waals surface area contributed by atoms with Gasteiger partial charge in [-0.05, 0) is 55.0 Å². The summed E-state index contributed by atoms with van der Waals surface area (Å²) in [5.41, 5.74) is 2.10. The van der Waals surface area contributed by atoms with Crippen LogP contribution in [0, 0.1) is 30.0 Å². The minimum Gasteiger partial charge on any atom is -0.376 e.